The minimum absolute atomic E-state index is 0.214. The third-order valence-electron chi connectivity index (χ3n) is 2.54. The Balaban J connectivity index is 1.84. The number of nitrogens with one attached hydrogen (secondary N) is 1. The molecule has 0 aliphatic carbocycles. The fourth-order valence-electron chi connectivity index (χ4n) is 1.59. The van der Waals surface area contributed by atoms with Crippen molar-refractivity contribution in [2.45, 2.75) is 0 Å². The van der Waals surface area contributed by atoms with Crippen LogP contribution in [0.1, 0.15) is 5.56 Å². The molecule has 21 heavy (non-hydrogen) atoms. The number of carbonyl (C=O) groups is 1. The summed E-state index contributed by atoms with van der Waals surface area (Å²) in [5, 5.41) is 6.88. The number of nitrogens with zero attached hydrogens (tertiary/aromatic N) is 1. The van der Waals surface area contributed by atoms with Crippen molar-refractivity contribution in [2.24, 2.45) is 10.9 Å². The maximum Gasteiger partial charge on any atom is 0.265 e. The highest BCUT2D eigenvalue weighted by Crippen LogP contribution is 2.14. The average Bonchev–Trinajstić information content (AvgIpc) is 2.48. The third-order valence-corrected chi connectivity index (χ3v) is 2.77. The van der Waals surface area contributed by atoms with Crippen LogP contribution >= 0.6 is 11.6 Å². The number of benzene rings is 2. The Labute approximate surface area is 127 Å². The lowest BCUT2D eigenvalue weighted by Gasteiger charge is -2.05. The molecule has 0 heterocycles. The quantitative estimate of drug-likeness (QED) is 0.506. The number of halogens is 1. The number of rotatable bonds is 5. The number of nitrogens with two attached hydrogens (primary N) is 1. The molecule has 3 N–H and O–H groups in total. The molecule has 1 amide bonds. The van der Waals surface area contributed by atoms with Gasteiger partial charge in [-0.1, -0.05) is 53.2 Å². The average molecular weight is 304 g/mol. The van der Waals surface area contributed by atoms with Gasteiger partial charge in [-0.2, -0.15) is 0 Å². The molecule has 0 spiro atoms. The second kappa shape index (κ2) is 7.31. The Morgan fingerprint density at radius 1 is 1.19 bits per heavy atom. The number of carbonyl (C=O) groups excluding carboxylic acids is 1. The topological polar surface area (TPSA) is 76.7 Å². The van der Waals surface area contributed by atoms with Crippen molar-refractivity contribution in [3.63, 3.8) is 0 Å². The van der Waals surface area contributed by atoms with Crippen LogP contribution in [0.3, 0.4) is 0 Å². The molecule has 0 saturated carbocycles. The normalized spacial score (nSPS) is 11.0. The van der Waals surface area contributed by atoms with Crippen molar-refractivity contribution in [1.29, 1.82) is 0 Å². The zero-order valence-electron chi connectivity index (χ0n) is 11.1. The maximum atomic E-state index is 11.7. The van der Waals surface area contributed by atoms with Gasteiger partial charge in [0.15, 0.2) is 12.4 Å². The molecule has 0 saturated heterocycles. The number of amides is 1. The van der Waals surface area contributed by atoms with E-state index in [4.69, 9.17) is 22.2 Å². The Kier molecular flexibility index (Phi) is 5.17. The van der Waals surface area contributed by atoms with Crippen LogP contribution < -0.4 is 11.1 Å². The summed E-state index contributed by atoms with van der Waals surface area (Å²) in [5.41, 5.74) is 7.05. The summed E-state index contributed by atoms with van der Waals surface area (Å²) < 4.78 is 0. The molecule has 2 rings (SSSR count). The van der Waals surface area contributed by atoms with Crippen LogP contribution in [0.2, 0.25) is 5.02 Å². The number of hydrogen-bond donors (Lipinski definition) is 2. The fourth-order valence-corrected chi connectivity index (χ4v) is 1.78. The van der Waals surface area contributed by atoms with Crippen LogP contribution in [0, 0.1) is 0 Å². The first-order valence-electron chi connectivity index (χ1n) is 6.21. The summed E-state index contributed by atoms with van der Waals surface area (Å²) in [4.78, 5) is 16.6. The molecule has 6 heteroatoms. The Bertz CT molecular complexity index is 644. The van der Waals surface area contributed by atoms with Crippen LogP contribution in [-0.4, -0.2) is 18.3 Å². The van der Waals surface area contributed by atoms with E-state index < -0.39 is 0 Å². The van der Waals surface area contributed by atoms with Gasteiger partial charge in [-0.05, 0) is 18.2 Å². The Hall–Kier alpha value is -2.53. The molecule has 0 aliphatic heterocycles. The van der Waals surface area contributed by atoms with Crippen molar-refractivity contribution in [3.05, 3.63) is 65.2 Å². The van der Waals surface area contributed by atoms with Crippen molar-refractivity contribution in [2.75, 3.05) is 11.9 Å². The zero-order chi connectivity index (χ0) is 15.1. The Morgan fingerprint density at radius 3 is 2.67 bits per heavy atom. The molecular weight excluding hydrogens is 290 g/mol. The number of oxime groups is 1. The van der Waals surface area contributed by atoms with Gasteiger partial charge in [-0.25, -0.2) is 0 Å². The van der Waals surface area contributed by atoms with Gasteiger partial charge >= 0.3 is 0 Å². The number of hydrogen-bond acceptors (Lipinski definition) is 3. The zero-order valence-corrected chi connectivity index (χ0v) is 11.9. The third kappa shape index (κ3) is 4.81. The van der Waals surface area contributed by atoms with E-state index in [2.05, 4.69) is 10.5 Å². The summed E-state index contributed by atoms with van der Waals surface area (Å²) in [7, 11) is 0. The summed E-state index contributed by atoms with van der Waals surface area (Å²) in [6.45, 7) is -0.236. The SMILES string of the molecule is N/C(=N/OCC(=O)Nc1cccc(Cl)c1)c1ccccc1. The lowest BCUT2D eigenvalue weighted by molar-refractivity contribution is -0.120. The molecule has 2 aromatic carbocycles. The predicted molar refractivity (Wildman–Crippen MR) is 83.2 cm³/mol. The van der Waals surface area contributed by atoms with Crippen molar-refractivity contribution < 1.29 is 9.63 Å². The second-order valence-corrected chi connectivity index (χ2v) is 4.61. The molecular formula is C15H14ClN3O2. The van der Waals surface area contributed by atoms with E-state index in [0.29, 0.717) is 10.7 Å². The maximum absolute atomic E-state index is 11.7. The van der Waals surface area contributed by atoms with Gasteiger partial charge in [-0.3, -0.25) is 4.79 Å². The van der Waals surface area contributed by atoms with Gasteiger partial charge in [0, 0.05) is 16.3 Å². The first-order chi connectivity index (χ1) is 10.1. The van der Waals surface area contributed by atoms with Gasteiger partial charge in [0.2, 0.25) is 0 Å². The van der Waals surface area contributed by atoms with Crippen LogP contribution in [0.15, 0.2) is 59.8 Å². The molecule has 0 radical (unpaired) electrons. The van der Waals surface area contributed by atoms with Crippen molar-refractivity contribution in [3.8, 4) is 0 Å². The van der Waals surface area contributed by atoms with Crippen molar-refractivity contribution >= 4 is 29.0 Å². The van der Waals surface area contributed by atoms with Crippen LogP contribution in [0.25, 0.3) is 0 Å². The van der Waals surface area contributed by atoms with Crippen LogP contribution in [0.5, 0.6) is 0 Å². The van der Waals surface area contributed by atoms with Crippen LogP contribution in [-0.2, 0) is 9.63 Å². The van der Waals surface area contributed by atoms with E-state index in [1.807, 2.05) is 18.2 Å². The molecule has 0 unspecified atom stereocenters. The van der Waals surface area contributed by atoms with Gasteiger partial charge in [-0.15, -0.1) is 0 Å². The first-order valence-corrected chi connectivity index (χ1v) is 6.59. The molecule has 0 bridgehead atoms. The van der Waals surface area contributed by atoms with E-state index in [1.165, 1.54) is 0 Å². The smallest absolute Gasteiger partial charge is 0.265 e. The van der Waals surface area contributed by atoms with Gasteiger partial charge < -0.3 is 15.9 Å². The summed E-state index contributed by atoms with van der Waals surface area (Å²) in [6, 6.07) is 16.0. The van der Waals surface area contributed by atoms with E-state index >= 15 is 0 Å². The molecule has 0 atom stereocenters. The van der Waals surface area contributed by atoms with E-state index in [9.17, 15) is 4.79 Å². The standard InChI is InChI=1S/C15H14ClN3O2/c16-12-7-4-8-13(9-12)18-14(20)10-21-19-15(17)11-5-2-1-3-6-11/h1-9H,10H2,(H2,17,19)(H,18,20). The molecule has 5 nitrogen and oxygen atoms in total. The highest BCUT2D eigenvalue weighted by Gasteiger charge is 2.04. The second-order valence-electron chi connectivity index (χ2n) is 4.17. The largest absolute Gasteiger partial charge is 0.384 e. The lowest BCUT2D eigenvalue weighted by Crippen LogP contribution is -2.19. The van der Waals surface area contributed by atoms with E-state index in [-0.39, 0.29) is 18.3 Å². The minimum atomic E-state index is -0.345. The molecule has 0 fully saturated rings. The number of anilines is 1. The predicted octanol–water partition coefficient (Wildman–Crippen LogP) is 2.62. The van der Waals surface area contributed by atoms with E-state index in [1.54, 1.807) is 36.4 Å². The molecule has 2 aromatic rings. The highest BCUT2D eigenvalue weighted by atomic mass is 35.5. The molecule has 108 valence electrons. The van der Waals surface area contributed by atoms with Gasteiger partial charge in [0.1, 0.15) is 0 Å². The van der Waals surface area contributed by atoms with Crippen molar-refractivity contribution in [1.82, 2.24) is 0 Å². The molecule has 0 aliphatic rings. The summed E-state index contributed by atoms with van der Waals surface area (Å²) in [6.07, 6.45) is 0. The fraction of sp³-hybridized carbons (Fsp3) is 0.0667. The first kappa shape index (κ1) is 14.9. The Morgan fingerprint density at radius 2 is 1.95 bits per heavy atom. The van der Waals surface area contributed by atoms with E-state index in [0.717, 1.165) is 5.56 Å². The summed E-state index contributed by atoms with van der Waals surface area (Å²) >= 11 is 5.82. The lowest BCUT2D eigenvalue weighted by atomic mass is 10.2. The minimum Gasteiger partial charge on any atom is -0.384 e. The highest BCUT2D eigenvalue weighted by molar-refractivity contribution is 6.30. The van der Waals surface area contributed by atoms with Gasteiger partial charge in [0.05, 0.1) is 0 Å². The summed E-state index contributed by atoms with van der Waals surface area (Å²) in [5.74, 6) is -0.131. The number of amidine groups is 1. The van der Waals surface area contributed by atoms with Crippen LogP contribution in [0.4, 0.5) is 5.69 Å². The van der Waals surface area contributed by atoms with Gasteiger partial charge in [0.25, 0.3) is 5.91 Å². The monoisotopic (exact) mass is 303 g/mol. The molecule has 0 aromatic heterocycles.